The van der Waals surface area contributed by atoms with Gasteiger partial charge in [0.05, 0.1) is 11.4 Å². The molecule has 0 unspecified atom stereocenters. The highest BCUT2D eigenvalue weighted by Crippen LogP contribution is 2.20. The maximum atomic E-state index is 12.7. The molecule has 0 spiro atoms. The summed E-state index contributed by atoms with van der Waals surface area (Å²) in [6, 6.07) is 8.19. The van der Waals surface area contributed by atoms with E-state index in [9.17, 15) is 8.42 Å². The Bertz CT molecular complexity index is 897. The third-order valence-electron chi connectivity index (χ3n) is 5.45. The van der Waals surface area contributed by atoms with Gasteiger partial charge in [0.2, 0.25) is 10.0 Å². The zero-order chi connectivity index (χ0) is 19.6. The molecule has 0 aliphatic carbocycles. The Labute approximate surface area is 162 Å². The van der Waals surface area contributed by atoms with Gasteiger partial charge >= 0.3 is 0 Å². The highest BCUT2D eigenvalue weighted by atomic mass is 32.2. The Morgan fingerprint density at radius 1 is 1.19 bits per heavy atom. The normalized spacial score (nSPS) is 16.7. The number of benzene rings is 1. The lowest BCUT2D eigenvalue weighted by Crippen LogP contribution is -2.32. The van der Waals surface area contributed by atoms with Gasteiger partial charge in [-0.15, -0.1) is 0 Å². The monoisotopic (exact) mass is 390 g/mol. The molecule has 0 atom stereocenters. The summed E-state index contributed by atoms with van der Waals surface area (Å²) >= 11 is 0. The minimum atomic E-state index is -3.59. The molecule has 1 aromatic heterocycles. The molecule has 2 heterocycles. The summed E-state index contributed by atoms with van der Waals surface area (Å²) in [5.74, 6) is 0.821. The van der Waals surface area contributed by atoms with Gasteiger partial charge in [-0.05, 0) is 56.8 Å². The highest BCUT2D eigenvalue weighted by molar-refractivity contribution is 7.89. The molecule has 0 saturated carbocycles. The first-order chi connectivity index (χ1) is 12.8. The predicted octanol–water partition coefficient (Wildman–Crippen LogP) is 2.75. The van der Waals surface area contributed by atoms with Crippen molar-refractivity contribution in [3.05, 3.63) is 46.8 Å². The lowest BCUT2D eigenvalue weighted by molar-refractivity contribution is 0.185. The SMILES string of the molecule is Cc1nn(C)c(C)c1S(=O)(=O)NCc1cccc(CN2CCC(C)CC2)c1. The maximum absolute atomic E-state index is 12.7. The van der Waals surface area contributed by atoms with Crippen LogP contribution in [0.2, 0.25) is 0 Å². The molecule has 0 radical (unpaired) electrons. The molecule has 7 heteroatoms. The average Bonchev–Trinajstić information content (AvgIpc) is 2.88. The number of nitrogens with zero attached hydrogens (tertiary/aromatic N) is 3. The van der Waals surface area contributed by atoms with E-state index in [2.05, 4.69) is 33.8 Å². The van der Waals surface area contributed by atoms with Crippen molar-refractivity contribution in [3.63, 3.8) is 0 Å². The van der Waals surface area contributed by atoms with Crippen LogP contribution in [0.3, 0.4) is 0 Å². The van der Waals surface area contributed by atoms with E-state index in [1.807, 2.05) is 12.1 Å². The molecular weight excluding hydrogens is 360 g/mol. The predicted molar refractivity (Wildman–Crippen MR) is 107 cm³/mol. The van der Waals surface area contributed by atoms with Crippen LogP contribution in [0.5, 0.6) is 0 Å². The van der Waals surface area contributed by atoms with E-state index in [0.29, 0.717) is 11.4 Å². The van der Waals surface area contributed by atoms with Gasteiger partial charge in [0.1, 0.15) is 4.90 Å². The molecular formula is C20H30N4O2S. The molecule has 27 heavy (non-hydrogen) atoms. The molecule has 1 N–H and O–H groups in total. The number of aromatic nitrogens is 2. The van der Waals surface area contributed by atoms with Gasteiger partial charge in [0.15, 0.2) is 0 Å². The topological polar surface area (TPSA) is 67.2 Å². The molecule has 3 rings (SSSR count). The largest absolute Gasteiger partial charge is 0.299 e. The van der Waals surface area contributed by atoms with E-state index < -0.39 is 10.0 Å². The molecule has 1 fully saturated rings. The van der Waals surface area contributed by atoms with E-state index in [-0.39, 0.29) is 11.4 Å². The van der Waals surface area contributed by atoms with Gasteiger partial charge < -0.3 is 0 Å². The van der Waals surface area contributed by atoms with Crippen LogP contribution in [0.1, 0.15) is 42.3 Å². The van der Waals surface area contributed by atoms with Crippen LogP contribution in [0, 0.1) is 19.8 Å². The van der Waals surface area contributed by atoms with E-state index in [1.54, 1.807) is 25.6 Å². The Balaban J connectivity index is 1.66. The Morgan fingerprint density at radius 3 is 2.48 bits per heavy atom. The van der Waals surface area contributed by atoms with Crippen LogP contribution in [-0.4, -0.2) is 36.2 Å². The van der Waals surface area contributed by atoms with Crippen LogP contribution in [0.25, 0.3) is 0 Å². The van der Waals surface area contributed by atoms with Gasteiger partial charge in [-0.3, -0.25) is 9.58 Å². The van der Waals surface area contributed by atoms with Crippen molar-refractivity contribution in [1.82, 2.24) is 19.4 Å². The third-order valence-corrected chi connectivity index (χ3v) is 7.10. The van der Waals surface area contributed by atoms with Crippen LogP contribution < -0.4 is 4.72 Å². The summed E-state index contributed by atoms with van der Waals surface area (Å²) in [5, 5.41) is 4.21. The minimum Gasteiger partial charge on any atom is -0.299 e. The number of hydrogen-bond donors (Lipinski definition) is 1. The van der Waals surface area contributed by atoms with Crippen molar-refractivity contribution in [1.29, 1.82) is 0 Å². The van der Waals surface area contributed by atoms with E-state index in [0.717, 1.165) is 31.1 Å². The number of rotatable bonds is 6. The first-order valence-corrected chi connectivity index (χ1v) is 11.0. The summed E-state index contributed by atoms with van der Waals surface area (Å²) in [5.41, 5.74) is 3.37. The molecule has 1 aliphatic heterocycles. The first kappa shape index (κ1) is 20.0. The van der Waals surface area contributed by atoms with E-state index >= 15 is 0 Å². The average molecular weight is 391 g/mol. The van der Waals surface area contributed by atoms with E-state index in [4.69, 9.17) is 0 Å². The van der Waals surface area contributed by atoms with Gasteiger partial charge in [0, 0.05) is 20.1 Å². The maximum Gasteiger partial charge on any atom is 0.244 e. The van der Waals surface area contributed by atoms with Crippen molar-refractivity contribution in [2.75, 3.05) is 13.1 Å². The van der Waals surface area contributed by atoms with Crippen molar-refractivity contribution >= 4 is 10.0 Å². The summed E-state index contributed by atoms with van der Waals surface area (Å²) in [6.07, 6.45) is 2.51. The molecule has 1 aliphatic rings. The lowest BCUT2D eigenvalue weighted by atomic mass is 9.98. The Hall–Kier alpha value is -1.70. The van der Waals surface area contributed by atoms with Crippen molar-refractivity contribution in [2.45, 2.75) is 51.6 Å². The zero-order valence-corrected chi connectivity index (χ0v) is 17.5. The molecule has 2 aromatic rings. The summed E-state index contributed by atoms with van der Waals surface area (Å²) < 4.78 is 29.8. The van der Waals surface area contributed by atoms with Crippen LogP contribution in [-0.2, 0) is 30.2 Å². The molecule has 0 bridgehead atoms. The number of aryl methyl sites for hydroxylation is 2. The summed E-state index contributed by atoms with van der Waals surface area (Å²) in [6.45, 7) is 9.29. The first-order valence-electron chi connectivity index (χ1n) is 9.56. The van der Waals surface area contributed by atoms with Gasteiger partial charge in [-0.1, -0.05) is 31.2 Å². The molecule has 1 saturated heterocycles. The lowest BCUT2D eigenvalue weighted by Gasteiger charge is -2.30. The number of nitrogens with one attached hydrogen (secondary N) is 1. The molecule has 148 valence electrons. The fraction of sp³-hybridized carbons (Fsp3) is 0.550. The molecule has 1 aromatic carbocycles. The Morgan fingerprint density at radius 2 is 1.85 bits per heavy atom. The fourth-order valence-corrected chi connectivity index (χ4v) is 5.16. The van der Waals surface area contributed by atoms with Crippen molar-refractivity contribution < 1.29 is 8.42 Å². The summed E-state index contributed by atoms with van der Waals surface area (Å²) in [7, 11) is -1.83. The highest BCUT2D eigenvalue weighted by Gasteiger charge is 2.23. The standard InChI is InChI=1S/C20H30N4O2S/c1-15-8-10-24(11-9-15)14-19-7-5-6-18(12-19)13-21-27(25,26)20-16(2)22-23(4)17(20)3/h5-7,12,15,21H,8-11,13-14H2,1-4H3. The van der Waals surface area contributed by atoms with Crippen LogP contribution in [0.15, 0.2) is 29.2 Å². The quantitative estimate of drug-likeness (QED) is 0.824. The van der Waals surface area contributed by atoms with E-state index in [1.165, 1.54) is 18.4 Å². The number of sulfonamides is 1. The second-order valence-corrected chi connectivity index (χ2v) is 9.43. The van der Waals surface area contributed by atoms with Crippen molar-refractivity contribution in [3.8, 4) is 0 Å². The second kappa shape index (κ2) is 8.12. The van der Waals surface area contributed by atoms with Gasteiger partial charge in [-0.2, -0.15) is 5.10 Å². The smallest absolute Gasteiger partial charge is 0.244 e. The minimum absolute atomic E-state index is 0.279. The van der Waals surface area contributed by atoms with Crippen LogP contribution >= 0.6 is 0 Å². The fourth-order valence-electron chi connectivity index (χ4n) is 3.71. The van der Waals surface area contributed by atoms with Crippen LogP contribution in [0.4, 0.5) is 0 Å². The molecule has 0 amide bonds. The molecule has 6 nitrogen and oxygen atoms in total. The zero-order valence-electron chi connectivity index (χ0n) is 16.7. The summed E-state index contributed by atoms with van der Waals surface area (Å²) in [4.78, 5) is 2.76. The van der Waals surface area contributed by atoms with Gasteiger partial charge in [-0.25, -0.2) is 13.1 Å². The number of piperidine rings is 1. The Kier molecular flexibility index (Phi) is 6.03. The van der Waals surface area contributed by atoms with Gasteiger partial charge in [0.25, 0.3) is 0 Å². The number of hydrogen-bond acceptors (Lipinski definition) is 4. The second-order valence-electron chi connectivity index (χ2n) is 7.73. The third kappa shape index (κ3) is 4.78. The van der Waals surface area contributed by atoms with Crippen molar-refractivity contribution in [2.24, 2.45) is 13.0 Å². The number of likely N-dealkylation sites (tertiary alicyclic amines) is 1.